The summed E-state index contributed by atoms with van der Waals surface area (Å²) in [4.78, 5) is 2.62. The Hall–Kier alpha value is -0.860. The van der Waals surface area contributed by atoms with Crippen molar-refractivity contribution < 1.29 is 5.11 Å². The molecule has 1 saturated heterocycles. The fourth-order valence-electron chi connectivity index (χ4n) is 5.19. The first-order chi connectivity index (χ1) is 12.2. The maximum atomic E-state index is 11.0. The molecule has 2 heteroatoms. The van der Waals surface area contributed by atoms with E-state index in [0.29, 0.717) is 12.0 Å². The minimum Gasteiger partial charge on any atom is -0.391 e. The van der Waals surface area contributed by atoms with Gasteiger partial charge in [0, 0.05) is 18.5 Å². The van der Waals surface area contributed by atoms with E-state index >= 15 is 0 Å². The number of rotatable bonds is 2. The van der Waals surface area contributed by atoms with Crippen molar-refractivity contribution in [1.29, 1.82) is 0 Å². The number of aliphatic hydroxyl groups is 1. The van der Waals surface area contributed by atoms with Crippen LogP contribution >= 0.6 is 0 Å². The third-order valence-corrected chi connectivity index (χ3v) is 6.62. The summed E-state index contributed by atoms with van der Waals surface area (Å²) in [6, 6.07) is 7.23. The van der Waals surface area contributed by atoms with Crippen LogP contribution in [-0.4, -0.2) is 35.2 Å². The van der Waals surface area contributed by atoms with Crippen LogP contribution in [0.2, 0.25) is 0 Å². The van der Waals surface area contributed by atoms with Gasteiger partial charge >= 0.3 is 0 Å². The summed E-state index contributed by atoms with van der Waals surface area (Å²) in [5.74, 6) is 0.317. The van der Waals surface area contributed by atoms with Crippen molar-refractivity contribution in [1.82, 2.24) is 4.90 Å². The van der Waals surface area contributed by atoms with Crippen molar-refractivity contribution in [2.75, 3.05) is 13.1 Å². The molecule has 2 aliphatic rings. The van der Waals surface area contributed by atoms with E-state index in [2.05, 4.69) is 36.9 Å². The molecule has 1 aliphatic carbocycles. The first kappa shape index (κ1) is 18.9. The third-order valence-electron chi connectivity index (χ3n) is 6.62. The highest BCUT2D eigenvalue weighted by molar-refractivity contribution is 5.37. The number of benzene rings is 1. The zero-order valence-electron chi connectivity index (χ0n) is 16.3. The van der Waals surface area contributed by atoms with E-state index in [-0.39, 0.29) is 6.10 Å². The van der Waals surface area contributed by atoms with Crippen LogP contribution in [0.15, 0.2) is 18.2 Å². The van der Waals surface area contributed by atoms with Gasteiger partial charge in [0.05, 0.1) is 6.10 Å². The fraction of sp³-hybridized carbons (Fsp3) is 0.739. The maximum absolute atomic E-state index is 11.0. The molecule has 1 aromatic carbocycles. The highest BCUT2D eigenvalue weighted by atomic mass is 16.3. The summed E-state index contributed by atoms with van der Waals surface area (Å²) in [6.45, 7) is 6.41. The van der Waals surface area contributed by atoms with E-state index < -0.39 is 0 Å². The smallest absolute Gasteiger partial charge is 0.0736 e. The molecule has 0 bridgehead atoms. The van der Waals surface area contributed by atoms with Gasteiger partial charge in [-0.15, -0.1) is 0 Å². The lowest BCUT2D eigenvalue weighted by Gasteiger charge is -2.41. The molecule has 0 radical (unpaired) electrons. The molecule has 0 aromatic heterocycles. The number of aliphatic hydroxyl groups excluding tert-OH is 1. The second kappa shape index (κ2) is 9.19. The van der Waals surface area contributed by atoms with E-state index in [0.717, 1.165) is 19.5 Å². The van der Waals surface area contributed by atoms with Crippen LogP contribution in [-0.2, 0) is 0 Å². The summed E-state index contributed by atoms with van der Waals surface area (Å²) in [7, 11) is 0. The lowest BCUT2D eigenvalue weighted by atomic mass is 9.81. The normalized spacial score (nSPS) is 28.0. The molecule has 1 aliphatic heterocycles. The number of β-amino-alcohol motifs (C(OH)–C–C–N with tert-alkyl or cyclic N) is 1. The molecule has 2 fully saturated rings. The molecule has 2 atom stereocenters. The molecule has 1 N–H and O–H groups in total. The molecule has 2 unspecified atom stereocenters. The number of likely N-dealkylation sites (tertiary alicyclic amines) is 1. The Kier molecular flexibility index (Phi) is 6.95. The van der Waals surface area contributed by atoms with Crippen LogP contribution in [0.25, 0.3) is 0 Å². The fourth-order valence-corrected chi connectivity index (χ4v) is 5.19. The van der Waals surface area contributed by atoms with Gasteiger partial charge < -0.3 is 5.11 Å². The van der Waals surface area contributed by atoms with Gasteiger partial charge in [0.15, 0.2) is 0 Å². The van der Waals surface area contributed by atoms with Gasteiger partial charge in [-0.05, 0) is 56.3 Å². The zero-order valence-corrected chi connectivity index (χ0v) is 16.3. The van der Waals surface area contributed by atoms with Crippen LogP contribution < -0.4 is 0 Å². The van der Waals surface area contributed by atoms with Crippen molar-refractivity contribution in [3.05, 3.63) is 34.9 Å². The van der Waals surface area contributed by atoms with Gasteiger partial charge in [-0.2, -0.15) is 0 Å². The molecule has 25 heavy (non-hydrogen) atoms. The molecule has 3 rings (SSSR count). The van der Waals surface area contributed by atoms with Gasteiger partial charge in [-0.3, -0.25) is 4.90 Å². The summed E-state index contributed by atoms with van der Waals surface area (Å²) in [6.07, 6.45) is 13.4. The van der Waals surface area contributed by atoms with E-state index in [4.69, 9.17) is 0 Å². The third kappa shape index (κ3) is 4.86. The molecular weight excluding hydrogens is 306 g/mol. The summed E-state index contributed by atoms with van der Waals surface area (Å²) in [5.41, 5.74) is 4.09. The van der Waals surface area contributed by atoms with Gasteiger partial charge in [0.1, 0.15) is 0 Å². The first-order valence-corrected chi connectivity index (χ1v) is 10.6. The van der Waals surface area contributed by atoms with E-state index in [1.54, 1.807) is 0 Å². The summed E-state index contributed by atoms with van der Waals surface area (Å²) >= 11 is 0. The highest BCUT2D eigenvalue weighted by Crippen LogP contribution is 2.34. The summed E-state index contributed by atoms with van der Waals surface area (Å²) < 4.78 is 0. The van der Waals surface area contributed by atoms with Crippen LogP contribution in [0.5, 0.6) is 0 Å². The molecule has 1 heterocycles. The number of aryl methyl sites for hydroxylation is 2. The van der Waals surface area contributed by atoms with Crippen LogP contribution in [0.1, 0.15) is 86.8 Å². The second-order valence-corrected chi connectivity index (χ2v) is 8.47. The Labute approximate surface area is 154 Å². The molecular formula is C23H37NO. The lowest BCUT2D eigenvalue weighted by Crippen LogP contribution is -2.48. The molecule has 1 saturated carbocycles. The Morgan fingerprint density at radius 2 is 1.40 bits per heavy atom. The zero-order chi connectivity index (χ0) is 17.6. The number of nitrogens with zero attached hydrogens (tertiary/aromatic N) is 1. The molecule has 1 aromatic rings. The van der Waals surface area contributed by atoms with Crippen molar-refractivity contribution in [2.45, 2.75) is 96.1 Å². The SMILES string of the molecule is Cc1cccc(C)c1C1CCN(C2CCCCCCCCC2)CC1O. The average molecular weight is 344 g/mol. The Morgan fingerprint density at radius 3 is 1.96 bits per heavy atom. The van der Waals surface area contributed by atoms with E-state index in [9.17, 15) is 5.11 Å². The van der Waals surface area contributed by atoms with Crippen molar-refractivity contribution in [2.24, 2.45) is 0 Å². The van der Waals surface area contributed by atoms with Gasteiger partial charge in [0.2, 0.25) is 0 Å². The lowest BCUT2D eigenvalue weighted by molar-refractivity contribution is 0.0237. The van der Waals surface area contributed by atoms with E-state index in [1.165, 1.54) is 74.5 Å². The second-order valence-electron chi connectivity index (χ2n) is 8.47. The Morgan fingerprint density at radius 1 is 0.840 bits per heavy atom. The van der Waals surface area contributed by atoms with E-state index in [1.807, 2.05) is 0 Å². The summed E-state index contributed by atoms with van der Waals surface area (Å²) in [5, 5.41) is 11.0. The molecule has 0 spiro atoms. The monoisotopic (exact) mass is 343 g/mol. The van der Waals surface area contributed by atoms with Gasteiger partial charge in [0.25, 0.3) is 0 Å². The average Bonchev–Trinajstić information content (AvgIpc) is 2.60. The number of hydrogen-bond donors (Lipinski definition) is 1. The number of piperidine rings is 1. The predicted octanol–water partition coefficient (Wildman–Crippen LogP) is 5.35. The Bertz CT molecular complexity index is 511. The molecule has 0 amide bonds. The molecule has 2 nitrogen and oxygen atoms in total. The van der Waals surface area contributed by atoms with Crippen LogP contribution in [0.4, 0.5) is 0 Å². The minimum atomic E-state index is -0.219. The van der Waals surface area contributed by atoms with Gasteiger partial charge in [-0.1, -0.05) is 63.1 Å². The largest absolute Gasteiger partial charge is 0.391 e. The van der Waals surface area contributed by atoms with Crippen LogP contribution in [0.3, 0.4) is 0 Å². The quantitative estimate of drug-likeness (QED) is 0.783. The minimum absolute atomic E-state index is 0.219. The maximum Gasteiger partial charge on any atom is 0.0736 e. The number of hydrogen-bond acceptors (Lipinski definition) is 2. The van der Waals surface area contributed by atoms with Crippen molar-refractivity contribution in [3.8, 4) is 0 Å². The van der Waals surface area contributed by atoms with Crippen LogP contribution in [0, 0.1) is 13.8 Å². The van der Waals surface area contributed by atoms with Crippen molar-refractivity contribution >= 4 is 0 Å². The highest BCUT2D eigenvalue weighted by Gasteiger charge is 2.33. The Balaban J connectivity index is 1.64. The standard InChI is InChI=1S/C23H37NO/c1-18-11-10-12-19(2)23(18)21-15-16-24(17-22(21)25)20-13-8-6-4-3-5-7-9-14-20/h10-12,20-22,25H,3-9,13-17H2,1-2H3. The molecule has 140 valence electrons. The van der Waals surface area contributed by atoms with Gasteiger partial charge in [-0.25, -0.2) is 0 Å². The van der Waals surface area contributed by atoms with Crippen molar-refractivity contribution in [3.63, 3.8) is 0 Å². The topological polar surface area (TPSA) is 23.5 Å². The first-order valence-electron chi connectivity index (χ1n) is 10.6. The predicted molar refractivity (Wildman–Crippen MR) is 106 cm³/mol.